The van der Waals surface area contributed by atoms with Crippen molar-refractivity contribution in [2.24, 2.45) is 10.8 Å². The van der Waals surface area contributed by atoms with Gasteiger partial charge < -0.3 is 19.1 Å². The van der Waals surface area contributed by atoms with Gasteiger partial charge in [-0.05, 0) is 90.8 Å². The van der Waals surface area contributed by atoms with E-state index >= 15 is 0 Å². The van der Waals surface area contributed by atoms with Crippen LogP contribution in [0.1, 0.15) is 170 Å². The second-order valence-corrected chi connectivity index (χ2v) is 27.3. The number of hydrogen-bond donors (Lipinski definition) is 0. The molecule has 76 heavy (non-hydrogen) atoms. The van der Waals surface area contributed by atoms with Crippen LogP contribution in [0, 0.1) is 29.6 Å². The molecule has 0 spiro atoms. The molecule has 9 rings (SSSR count). The van der Waals surface area contributed by atoms with E-state index < -0.39 is 5.41 Å². The van der Waals surface area contributed by atoms with Crippen molar-refractivity contribution in [3.63, 3.8) is 0 Å². The number of fused-ring (bicyclic) bond motifs is 3. The van der Waals surface area contributed by atoms with Crippen LogP contribution in [0.3, 0.4) is 0 Å². The number of rotatable bonds is 9. The fourth-order valence-corrected chi connectivity index (χ4v) is 10.7. The summed E-state index contributed by atoms with van der Waals surface area (Å²) in [5.74, 6) is 2.05. The number of anilines is 2. The van der Waals surface area contributed by atoms with E-state index in [4.69, 9.17) is 9.72 Å². The van der Waals surface area contributed by atoms with E-state index in [1.54, 1.807) is 0 Å². The summed E-state index contributed by atoms with van der Waals surface area (Å²) in [7, 11) is 0. The Morgan fingerprint density at radius 3 is 1.50 bits per heavy atom. The van der Waals surface area contributed by atoms with Gasteiger partial charge in [0.2, 0.25) is 0 Å². The van der Waals surface area contributed by atoms with E-state index in [1.807, 2.05) is 6.20 Å². The normalized spacial score (nSPS) is 14.2. The molecule has 6 heteroatoms. The van der Waals surface area contributed by atoms with Gasteiger partial charge in [0, 0.05) is 77.6 Å². The van der Waals surface area contributed by atoms with E-state index in [2.05, 4.69) is 298 Å². The Balaban J connectivity index is 0.00000765. The summed E-state index contributed by atoms with van der Waals surface area (Å²) >= 11 is 0. The topological polar surface area (TPSA) is 33.5 Å². The van der Waals surface area contributed by atoms with Crippen LogP contribution >= 0.6 is 0 Å². The molecule has 2 aromatic heterocycles. The van der Waals surface area contributed by atoms with Gasteiger partial charge in [-0.15, -0.1) is 53.6 Å². The second kappa shape index (κ2) is 19.8. The third kappa shape index (κ3) is 10.9. The molecule has 5 nitrogen and oxygen atoms in total. The van der Waals surface area contributed by atoms with Crippen molar-refractivity contribution in [1.29, 1.82) is 0 Å². The van der Waals surface area contributed by atoms with Crippen LogP contribution in [0.2, 0.25) is 0 Å². The van der Waals surface area contributed by atoms with Crippen LogP contribution in [0.5, 0.6) is 11.5 Å². The number of pyridine rings is 1. The number of nitrogens with zero attached hydrogens (tertiary/aromatic N) is 4. The van der Waals surface area contributed by atoms with Gasteiger partial charge in [0.15, 0.2) is 0 Å². The molecule has 0 radical (unpaired) electrons. The van der Waals surface area contributed by atoms with Gasteiger partial charge in [0.05, 0.1) is 0 Å². The molecule has 0 N–H and O–H groups in total. The first kappa shape index (κ1) is 56.3. The molecule has 0 saturated carbocycles. The molecular weight excluding hydrogens is 1110 g/mol. The molecule has 0 unspecified atom stereocenters. The van der Waals surface area contributed by atoms with Crippen LogP contribution < -0.4 is 14.5 Å². The van der Waals surface area contributed by atoms with Crippen molar-refractivity contribution in [2.45, 2.75) is 159 Å². The standard InChI is InChI=1S/C70H81N4O.Pt/c1-64(2,3)48-30-33-59-58(41-48)57-32-31-55(44-60(57)74(59)61-42-49(34-35-71-61)69(16,17)46-26-22-20-23-27-46)75-56-40-52(70(18,19)47-28-24-21-25-29-47)39-54(43-56)73-45-72(62(67(10,11)12)63(73)68(13,14)15)53-37-50(65(4,5)6)36-51(38-53)66(7,8)9;/h20-42,45H,1-19H3;/q-3;. The second-order valence-electron chi connectivity index (χ2n) is 27.3. The van der Waals surface area contributed by atoms with E-state index in [0.717, 1.165) is 44.6 Å². The SMILES string of the molecule is CC(C)(C)C1=C(C(C)(C)C)N(c2cc(C(C)(C)C)cc(C(C)(C)C)c2)[CH-]N1c1[c-]c(Oc2[c-]c3c(cc2)c2cc(C(C)(C)C)ccc2n3-c2cc(C(C)(C)c3ccccc3)ccn2)cc(C(C)(C)c2ccccc2)c1.[Pt]. The fourth-order valence-electron chi connectivity index (χ4n) is 10.7. The van der Waals surface area contributed by atoms with Crippen LogP contribution in [0.15, 0.2) is 151 Å². The largest absolute Gasteiger partial charge is 0.509 e. The molecule has 6 aromatic carbocycles. The molecule has 8 aromatic rings. The van der Waals surface area contributed by atoms with Crippen molar-refractivity contribution < 1.29 is 25.8 Å². The predicted octanol–water partition coefficient (Wildman–Crippen LogP) is 18.9. The van der Waals surface area contributed by atoms with Crippen molar-refractivity contribution >= 4 is 33.2 Å². The third-order valence-electron chi connectivity index (χ3n) is 15.5. The Morgan fingerprint density at radius 1 is 0.421 bits per heavy atom. The average molecular weight is 1190 g/mol. The van der Waals surface area contributed by atoms with Crippen molar-refractivity contribution in [3.8, 4) is 17.3 Å². The smallest absolute Gasteiger partial charge is 0.135 e. The number of aromatic nitrogens is 2. The van der Waals surface area contributed by atoms with E-state index in [-0.39, 0.29) is 53.6 Å². The number of benzene rings is 6. The first-order chi connectivity index (χ1) is 34.8. The maximum Gasteiger partial charge on any atom is 0.135 e. The summed E-state index contributed by atoms with van der Waals surface area (Å²) in [6, 6.07) is 56.4. The molecule has 0 fully saturated rings. The summed E-state index contributed by atoms with van der Waals surface area (Å²) in [4.78, 5) is 9.94. The molecule has 0 aliphatic carbocycles. The van der Waals surface area contributed by atoms with Gasteiger partial charge in [0.1, 0.15) is 5.82 Å². The first-order valence-electron chi connectivity index (χ1n) is 27.0. The maximum absolute atomic E-state index is 7.18. The minimum absolute atomic E-state index is 0. The Kier molecular flexibility index (Phi) is 14.7. The zero-order chi connectivity index (χ0) is 54.4. The zero-order valence-corrected chi connectivity index (χ0v) is 51.1. The van der Waals surface area contributed by atoms with Crippen LogP contribution in [0.4, 0.5) is 11.4 Å². The zero-order valence-electron chi connectivity index (χ0n) is 48.9. The molecular formula is C70H81N4OPt-3. The minimum atomic E-state index is -0.390. The van der Waals surface area contributed by atoms with Gasteiger partial charge in [-0.25, -0.2) is 4.98 Å². The Bertz CT molecular complexity index is 3420. The number of ether oxygens (including phenoxy) is 1. The van der Waals surface area contributed by atoms with E-state index in [0.29, 0.717) is 11.5 Å². The van der Waals surface area contributed by atoms with Gasteiger partial charge in [-0.1, -0.05) is 216 Å². The maximum atomic E-state index is 7.18. The molecule has 400 valence electrons. The Hall–Kier alpha value is -5.90. The molecule has 3 heterocycles. The van der Waals surface area contributed by atoms with Gasteiger partial charge in [-0.2, -0.15) is 6.07 Å². The summed E-state index contributed by atoms with van der Waals surface area (Å²) in [6.07, 6.45) is 1.94. The third-order valence-corrected chi connectivity index (χ3v) is 15.5. The van der Waals surface area contributed by atoms with Gasteiger partial charge in [-0.3, -0.25) is 0 Å². The van der Waals surface area contributed by atoms with Crippen molar-refractivity contribution in [1.82, 2.24) is 9.55 Å². The van der Waals surface area contributed by atoms with Crippen molar-refractivity contribution in [2.75, 3.05) is 9.80 Å². The average Bonchev–Trinajstić information content (AvgIpc) is 3.92. The van der Waals surface area contributed by atoms with Crippen molar-refractivity contribution in [3.05, 3.63) is 209 Å². The number of allylic oxidation sites excluding steroid dienone is 2. The van der Waals surface area contributed by atoms with Gasteiger partial charge in [0.25, 0.3) is 0 Å². The molecule has 1 aliphatic heterocycles. The van der Waals surface area contributed by atoms with Crippen LogP contribution in [0.25, 0.3) is 27.6 Å². The molecule has 1 aliphatic rings. The Morgan fingerprint density at radius 2 is 0.961 bits per heavy atom. The van der Waals surface area contributed by atoms with E-state index in [9.17, 15) is 0 Å². The molecule has 0 atom stereocenters. The summed E-state index contributed by atoms with van der Waals surface area (Å²) in [5, 5.41) is 2.25. The summed E-state index contributed by atoms with van der Waals surface area (Å²) in [5.41, 5.74) is 13.9. The predicted molar refractivity (Wildman–Crippen MR) is 318 cm³/mol. The monoisotopic (exact) mass is 1190 g/mol. The summed E-state index contributed by atoms with van der Waals surface area (Å²) in [6.45, 7) is 46.2. The molecule has 0 amide bonds. The van der Waals surface area contributed by atoms with E-state index in [1.165, 1.54) is 44.8 Å². The molecule has 0 saturated heterocycles. The number of hydrogen-bond acceptors (Lipinski definition) is 4. The minimum Gasteiger partial charge on any atom is -0.509 e. The quantitative estimate of drug-likeness (QED) is 0.135. The van der Waals surface area contributed by atoms with Crippen LogP contribution in [-0.2, 0) is 48.1 Å². The molecule has 0 bridgehead atoms. The van der Waals surface area contributed by atoms with Crippen LogP contribution in [-0.4, -0.2) is 9.55 Å². The summed E-state index contributed by atoms with van der Waals surface area (Å²) < 4.78 is 9.44. The Labute approximate surface area is 471 Å². The first-order valence-corrected chi connectivity index (χ1v) is 27.0. The fraction of sp³-hybridized carbons (Fsp3) is 0.371. The van der Waals surface area contributed by atoms with Gasteiger partial charge >= 0.3 is 0 Å².